The molecular weight excluding hydrogens is 308 g/mol. The zero-order valence-electron chi connectivity index (χ0n) is 12.1. The van der Waals surface area contributed by atoms with Gasteiger partial charge in [0.15, 0.2) is 0 Å². The molecule has 0 aromatic carbocycles. The molecule has 0 amide bonds. The molecule has 2 atom stereocenters. The van der Waals surface area contributed by atoms with Gasteiger partial charge in [-0.3, -0.25) is 0 Å². The summed E-state index contributed by atoms with van der Waals surface area (Å²) in [5.74, 6) is 0. The zero-order chi connectivity index (χ0) is 13.8. The fourth-order valence-corrected chi connectivity index (χ4v) is 3.79. The predicted molar refractivity (Wildman–Crippen MR) is 85.6 cm³/mol. The van der Waals surface area contributed by atoms with Gasteiger partial charge in [-0.1, -0.05) is 13.8 Å². The van der Waals surface area contributed by atoms with Crippen LogP contribution in [0.2, 0.25) is 0 Å². The van der Waals surface area contributed by atoms with E-state index in [0.29, 0.717) is 6.04 Å². The SMILES string of the molecule is CCNC(Cc1cc(Br)cs1)C(C)(CC)N(C)C. The Morgan fingerprint density at radius 2 is 2.11 bits per heavy atom. The number of likely N-dealkylation sites (N-methyl/N-ethyl adjacent to an activating group) is 2. The smallest absolute Gasteiger partial charge is 0.0329 e. The number of nitrogens with zero attached hydrogens (tertiary/aromatic N) is 1. The van der Waals surface area contributed by atoms with Crippen LogP contribution in [0.5, 0.6) is 0 Å². The standard InChI is InChI=1S/C14H25BrN2S/c1-6-14(3,17(4)5)13(16-7-2)9-12-8-11(15)10-18-12/h8,10,13,16H,6-7,9H2,1-5H3. The van der Waals surface area contributed by atoms with Crippen molar-refractivity contribution in [3.8, 4) is 0 Å². The van der Waals surface area contributed by atoms with Gasteiger partial charge < -0.3 is 10.2 Å². The number of thiophene rings is 1. The Morgan fingerprint density at radius 1 is 1.44 bits per heavy atom. The van der Waals surface area contributed by atoms with E-state index in [9.17, 15) is 0 Å². The van der Waals surface area contributed by atoms with Gasteiger partial charge in [0, 0.05) is 26.3 Å². The molecule has 0 fully saturated rings. The van der Waals surface area contributed by atoms with Crippen LogP contribution in [0.25, 0.3) is 0 Å². The van der Waals surface area contributed by atoms with E-state index in [2.05, 4.69) is 72.5 Å². The maximum Gasteiger partial charge on any atom is 0.0329 e. The highest BCUT2D eigenvalue weighted by atomic mass is 79.9. The molecular formula is C14H25BrN2S. The van der Waals surface area contributed by atoms with Crippen molar-refractivity contribution in [1.82, 2.24) is 10.2 Å². The number of nitrogens with one attached hydrogen (secondary N) is 1. The van der Waals surface area contributed by atoms with Crippen molar-refractivity contribution in [3.05, 3.63) is 20.8 Å². The van der Waals surface area contributed by atoms with Crippen molar-refractivity contribution in [2.24, 2.45) is 0 Å². The second kappa shape index (κ2) is 7.04. The summed E-state index contributed by atoms with van der Waals surface area (Å²) in [7, 11) is 4.36. The normalized spacial score (nSPS) is 16.8. The number of halogens is 1. The lowest BCUT2D eigenvalue weighted by Crippen LogP contribution is -2.57. The first-order chi connectivity index (χ1) is 8.43. The third-order valence-electron chi connectivity index (χ3n) is 3.97. The van der Waals surface area contributed by atoms with Crippen LogP contribution in [0.1, 0.15) is 32.1 Å². The van der Waals surface area contributed by atoms with E-state index in [4.69, 9.17) is 0 Å². The Labute approximate surface area is 124 Å². The van der Waals surface area contributed by atoms with Crippen LogP contribution < -0.4 is 5.32 Å². The molecule has 2 nitrogen and oxygen atoms in total. The maximum atomic E-state index is 3.66. The average molecular weight is 333 g/mol. The summed E-state index contributed by atoms with van der Waals surface area (Å²) in [5.41, 5.74) is 0.187. The third-order valence-corrected chi connectivity index (χ3v) is 5.69. The van der Waals surface area contributed by atoms with Gasteiger partial charge in [0.05, 0.1) is 0 Å². The Balaban J connectivity index is 2.87. The van der Waals surface area contributed by atoms with Crippen LogP contribution in [0.3, 0.4) is 0 Å². The molecule has 0 aliphatic rings. The molecule has 0 bridgehead atoms. The number of hydrogen-bond acceptors (Lipinski definition) is 3. The van der Waals surface area contributed by atoms with Gasteiger partial charge in [-0.15, -0.1) is 11.3 Å². The maximum absolute atomic E-state index is 3.66. The molecule has 4 heteroatoms. The lowest BCUT2D eigenvalue weighted by molar-refractivity contribution is 0.113. The summed E-state index contributed by atoms with van der Waals surface area (Å²) in [4.78, 5) is 3.79. The molecule has 0 saturated heterocycles. The van der Waals surface area contributed by atoms with Gasteiger partial charge in [-0.25, -0.2) is 0 Å². The Hall–Kier alpha value is 0.1000. The molecule has 0 aliphatic heterocycles. The molecule has 1 rings (SSSR count). The minimum Gasteiger partial charge on any atom is -0.312 e. The van der Waals surface area contributed by atoms with Crippen LogP contribution in [-0.4, -0.2) is 37.1 Å². The van der Waals surface area contributed by atoms with Crippen LogP contribution in [0.15, 0.2) is 15.9 Å². The first-order valence-electron chi connectivity index (χ1n) is 6.57. The highest BCUT2D eigenvalue weighted by molar-refractivity contribution is 9.10. The van der Waals surface area contributed by atoms with Crippen LogP contribution in [-0.2, 0) is 6.42 Å². The molecule has 1 N–H and O–H groups in total. The molecule has 1 aromatic heterocycles. The second-order valence-corrected chi connectivity index (χ2v) is 7.06. The highest BCUT2D eigenvalue weighted by Gasteiger charge is 2.34. The predicted octanol–water partition coefficient (Wildman–Crippen LogP) is 3.76. The molecule has 0 radical (unpaired) electrons. The van der Waals surface area contributed by atoms with Crippen molar-refractivity contribution in [1.29, 1.82) is 0 Å². The monoisotopic (exact) mass is 332 g/mol. The second-order valence-electron chi connectivity index (χ2n) is 5.15. The van der Waals surface area contributed by atoms with Gasteiger partial charge in [0.1, 0.15) is 0 Å². The Bertz CT molecular complexity index is 364. The van der Waals surface area contributed by atoms with Crippen molar-refractivity contribution in [2.45, 2.75) is 45.2 Å². The van der Waals surface area contributed by atoms with Crippen molar-refractivity contribution in [3.63, 3.8) is 0 Å². The fraction of sp³-hybridized carbons (Fsp3) is 0.714. The topological polar surface area (TPSA) is 15.3 Å². The summed E-state index contributed by atoms with van der Waals surface area (Å²) in [5, 5.41) is 5.83. The first-order valence-corrected chi connectivity index (χ1v) is 8.25. The minimum absolute atomic E-state index is 0.187. The van der Waals surface area contributed by atoms with E-state index in [1.807, 2.05) is 11.3 Å². The van der Waals surface area contributed by atoms with Crippen LogP contribution in [0.4, 0.5) is 0 Å². The first kappa shape index (κ1) is 16.2. The number of hydrogen-bond donors (Lipinski definition) is 1. The van der Waals surface area contributed by atoms with Gasteiger partial charge in [-0.2, -0.15) is 0 Å². The van der Waals surface area contributed by atoms with Gasteiger partial charge in [-0.05, 0) is 62.4 Å². The van der Waals surface area contributed by atoms with Crippen molar-refractivity contribution in [2.75, 3.05) is 20.6 Å². The molecule has 104 valence electrons. The molecule has 0 aliphatic carbocycles. The largest absolute Gasteiger partial charge is 0.312 e. The zero-order valence-corrected chi connectivity index (χ0v) is 14.5. The van der Waals surface area contributed by atoms with Crippen LogP contribution >= 0.6 is 27.3 Å². The molecule has 1 aromatic rings. The summed E-state index contributed by atoms with van der Waals surface area (Å²) in [6, 6.07) is 2.72. The quantitative estimate of drug-likeness (QED) is 0.817. The summed E-state index contributed by atoms with van der Waals surface area (Å²) in [6.07, 6.45) is 2.23. The van der Waals surface area contributed by atoms with E-state index >= 15 is 0 Å². The summed E-state index contributed by atoms with van der Waals surface area (Å²) < 4.78 is 1.20. The van der Waals surface area contributed by atoms with Crippen LogP contribution in [0, 0.1) is 0 Å². The van der Waals surface area contributed by atoms with E-state index in [1.54, 1.807) is 0 Å². The van der Waals surface area contributed by atoms with E-state index in [1.165, 1.54) is 9.35 Å². The van der Waals surface area contributed by atoms with Gasteiger partial charge in [0.25, 0.3) is 0 Å². The lowest BCUT2D eigenvalue weighted by Gasteiger charge is -2.43. The molecule has 18 heavy (non-hydrogen) atoms. The van der Waals surface area contributed by atoms with Gasteiger partial charge >= 0.3 is 0 Å². The van der Waals surface area contributed by atoms with E-state index in [-0.39, 0.29) is 5.54 Å². The molecule has 2 unspecified atom stereocenters. The van der Waals surface area contributed by atoms with Gasteiger partial charge in [0.2, 0.25) is 0 Å². The van der Waals surface area contributed by atoms with Crippen molar-refractivity contribution >= 4 is 27.3 Å². The summed E-state index contributed by atoms with van der Waals surface area (Å²) >= 11 is 5.37. The molecule has 0 spiro atoms. The average Bonchev–Trinajstić information content (AvgIpc) is 2.73. The molecule has 0 saturated carbocycles. The van der Waals surface area contributed by atoms with E-state index in [0.717, 1.165) is 19.4 Å². The third kappa shape index (κ3) is 3.80. The minimum atomic E-state index is 0.187. The highest BCUT2D eigenvalue weighted by Crippen LogP contribution is 2.27. The Kier molecular flexibility index (Phi) is 6.31. The summed E-state index contributed by atoms with van der Waals surface area (Å²) in [6.45, 7) is 7.82. The molecule has 1 heterocycles. The fourth-order valence-electron chi connectivity index (χ4n) is 2.29. The Morgan fingerprint density at radius 3 is 2.50 bits per heavy atom. The lowest BCUT2D eigenvalue weighted by atomic mass is 9.85. The number of rotatable bonds is 7. The van der Waals surface area contributed by atoms with Crippen molar-refractivity contribution < 1.29 is 0 Å². The van der Waals surface area contributed by atoms with E-state index < -0.39 is 0 Å².